The van der Waals surface area contributed by atoms with E-state index < -0.39 is 8.80 Å². The van der Waals surface area contributed by atoms with Crippen LogP contribution in [0.4, 0.5) is 0 Å². The highest BCUT2D eigenvalue weighted by Crippen LogP contribution is 2.20. The summed E-state index contributed by atoms with van der Waals surface area (Å²) in [4.78, 5) is 0. The first-order valence-corrected chi connectivity index (χ1v) is 11.0. The fourth-order valence-electron chi connectivity index (χ4n) is 2.06. The number of nitrogens with one attached hydrogen (secondary N) is 1. The Bertz CT molecular complexity index is 212. The van der Waals surface area contributed by atoms with Crippen molar-refractivity contribution in [1.82, 2.24) is 5.32 Å². The Labute approximate surface area is 138 Å². The van der Waals surface area contributed by atoms with Gasteiger partial charge < -0.3 is 24.3 Å². The quantitative estimate of drug-likeness (QED) is 0.316. The molecule has 0 rings (SSSR count). The highest BCUT2D eigenvalue weighted by Gasteiger charge is 2.40. The maximum atomic E-state index is 6.09. The second-order valence-corrected chi connectivity index (χ2v) is 8.31. The van der Waals surface area contributed by atoms with Gasteiger partial charge in [0.25, 0.3) is 0 Å². The summed E-state index contributed by atoms with van der Waals surface area (Å²) < 4.78 is 18.3. The predicted octanol–water partition coefficient (Wildman–Crippen LogP) is 2.92. The standard InChI is InChI=1S/C16H38N2O3Si/c1-4-13-19-22(20-14-5-2,21-15-6-3)16-8-7-11-18-12-9-10-17/h18H,4-17H2,1-3H3. The molecule has 0 spiro atoms. The zero-order chi connectivity index (χ0) is 16.5. The largest absolute Gasteiger partial charge is 0.500 e. The molecule has 3 N–H and O–H groups in total. The van der Waals surface area contributed by atoms with Crippen LogP contribution in [0.15, 0.2) is 0 Å². The Morgan fingerprint density at radius 1 is 0.773 bits per heavy atom. The lowest BCUT2D eigenvalue weighted by Gasteiger charge is -2.29. The molecule has 0 aliphatic rings. The van der Waals surface area contributed by atoms with Crippen LogP contribution in [0, 0.1) is 0 Å². The molecular weight excluding hydrogens is 296 g/mol. The van der Waals surface area contributed by atoms with Crippen LogP contribution >= 0.6 is 0 Å². The van der Waals surface area contributed by atoms with Crippen LogP contribution < -0.4 is 11.1 Å². The first-order valence-electron chi connectivity index (χ1n) is 9.07. The number of rotatable bonds is 17. The molecule has 0 saturated heterocycles. The van der Waals surface area contributed by atoms with E-state index in [0.29, 0.717) is 0 Å². The zero-order valence-electron chi connectivity index (χ0n) is 15.0. The fraction of sp³-hybridized carbons (Fsp3) is 1.00. The second kappa shape index (κ2) is 15.9. The van der Waals surface area contributed by atoms with Gasteiger partial charge in [-0.25, -0.2) is 0 Å². The molecular formula is C16H38N2O3Si. The molecule has 0 aliphatic carbocycles. The van der Waals surface area contributed by atoms with Crippen LogP contribution in [0.25, 0.3) is 0 Å². The molecule has 0 bridgehead atoms. The molecule has 0 saturated carbocycles. The predicted molar refractivity (Wildman–Crippen MR) is 95.1 cm³/mol. The molecule has 0 aromatic heterocycles. The molecule has 0 unspecified atom stereocenters. The van der Waals surface area contributed by atoms with Crippen LogP contribution in [0.1, 0.15) is 59.3 Å². The molecule has 0 aromatic carbocycles. The summed E-state index contributed by atoms with van der Waals surface area (Å²) >= 11 is 0. The van der Waals surface area contributed by atoms with E-state index >= 15 is 0 Å². The average Bonchev–Trinajstić information content (AvgIpc) is 2.55. The monoisotopic (exact) mass is 334 g/mol. The summed E-state index contributed by atoms with van der Waals surface area (Å²) in [5.41, 5.74) is 5.48. The van der Waals surface area contributed by atoms with Crippen molar-refractivity contribution in [3.05, 3.63) is 0 Å². The van der Waals surface area contributed by atoms with Crippen molar-refractivity contribution >= 4 is 8.80 Å². The van der Waals surface area contributed by atoms with Crippen molar-refractivity contribution in [2.75, 3.05) is 39.5 Å². The van der Waals surface area contributed by atoms with Gasteiger partial charge in [0.2, 0.25) is 0 Å². The van der Waals surface area contributed by atoms with Crippen molar-refractivity contribution < 1.29 is 13.3 Å². The average molecular weight is 335 g/mol. The first kappa shape index (κ1) is 22.0. The highest BCUT2D eigenvalue weighted by atomic mass is 28.4. The van der Waals surface area contributed by atoms with E-state index in [1.54, 1.807) is 0 Å². The van der Waals surface area contributed by atoms with E-state index in [1.807, 2.05) is 0 Å². The Morgan fingerprint density at radius 3 is 1.73 bits per heavy atom. The van der Waals surface area contributed by atoms with E-state index in [0.717, 1.165) is 84.0 Å². The van der Waals surface area contributed by atoms with Crippen LogP contribution in [-0.4, -0.2) is 48.3 Å². The number of nitrogens with two attached hydrogens (primary N) is 1. The maximum Gasteiger partial charge on any atom is 0.500 e. The summed E-state index contributed by atoms with van der Waals surface area (Å²) in [6, 6.07) is 0.922. The van der Waals surface area contributed by atoms with E-state index in [9.17, 15) is 0 Å². The van der Waals surface area contributed by atoms with Gasteiger partial charge >= 0.3 is 8.80 Å². The van der Waals surface area contributed by atoms with E-state index in [4.69, 9.17) is 19.0 Å². The van der Waals surface area contributed by atoms with Crippen molar-refractivity contribution in [3.8, 4) is 0 Å². The van der Waals surface area contributed by atoms with Gasteiger partial charge in [0.05, 0.1) is 0 Å². The molecule has 5 nitrogen and oxygen atoms in total. The minimum Gasteiger partial charge on any atom is -0.373 e. The SMILES string of the molecule is CCCO[Si](CCCCNCCCN)(OCCC)OCCC. The second-order valence-electron chi connectivity index (χ2n) is 5.58. The van der Waals surface area contributed by atoms with Crippen LogP contribution in [-0.2, 0) is 13.3 Å². The van der Waals surface area contributed by atoms with Crippen molar-refractivity contribution in [2.24, 2.45) is 5.73 Å². The Balaban J connectivity index is 4.21. The van der Waals surface area contributed by atoms with Crippen LogP contribution in [0.5, 0.6) is 0 Å². The summed E-state index contributed by atoms with van der Waals surface area (Å²) in [5.74, 6) is 0. The summed E-state index contributed by atoms with van der Waals surface area (Å²) in [6.07, 6.45) is 6.25. The minimum absolute atomic E-state index is 0.731. The Hall–Kier alpha value is 0.0169. The Kier molecular flexibility index (Phi) is 15.9. The van der Waals surface area contributed by atoms with Crippen molar-refractivity contribution in [3.63, 3.8) is 0 Å². The molecule has 22 heavy (non-hydrogen) atoms. The number of unbranched alkanes of at least 4 members (excludes halogenated alkanes) is 1. The van der Waals surface area contributed by atoms with Crippen LogP contribution in [0.2, 0.25) is 6.04 Å². The third-order valence-electron chi connectivity index (χ3n) is 3.22. The molecule has 0 fully saturated rings. The van der Waals surface area contributed by atoms with E-state index in [-0.39, 0.29) is 0 Å². The minimum atomic E-state index is -2.48. The third kappa shape index (κ3) is 11.6. The van der Waals surface area contributed by atoms with Gasteiger partial charge in [-0.05, 0) is 58.2 Å². The van der Waals surface area contributed by atoms with Gasteiger partial charge in [-0.3, -0.25) is 0 Å². The van der Waals surface area contributed by atoms with Gasteiger partial charge in [0.1, 0.15) is 0 Å². The Morgan fingerprint density at radius 2 is 1.27 bits per heavy atom. The number of hydrogen-bond donors (Lipinski definition) is 2. The van der Waals surface area contributed by atoms with Crippen molar-refractivity contribution in [2.45, 2.75) is 65.3 Å². The summed E-state index contributed by atoms with van der Waals surface area (Å²) in [7, 11) is -2.48. The van der Waals surface area contributed by atoms with E-state index in [2.05, 4.69) is 26.1 Å². The lowest BCUT2D eigenvalue weighted by Crippen LogP contribution is -2.46. The normalized spacial score (nSPS) is 12.0. The van der Waals surface area contributed by atoms with Gasteiger partial charge in [0.15, 0.2) is 0 Å². The van der Waals surface area contributed by atoms with E-state index in [1.165, 1.54) is 0 Å². The number of hydrogen-bond acceptors (Lipinski definition) is 5. The molecule has 0 radical (unpaired) electrons. The van der Waals surface area contributed by atoms with Crippen molar-refractivity contribution in [1.29, 1.82) is 0 Å². The molecule has 6 heteroatoms. The van der Waals surface area contributed by atoms with Gasteiger partial charge in [-0.1, -0.05) is 20.8 Å². The fourth-order valence-corrected chi connectivity index (χ4v) is 4.97. The molecule has 0 amide bonds. The van der Waals surface area contributed by atoms with Gasteiger partial charge in [-0.2, -0.15) is 0 Å². The van der Waals surface area contributed by atoms with Crippen LogP contribution in [0.3, 0.4) is 0 Å². The molecule has 0 aromatic rings. The lowest BCUT2D eigenvalue weighted by atomic mass is 10.3. The summed E-state index contributed by atoms with van der Waals surface area (Å²) in [6.45, 7) is 11.4. The highest BCUT2D eigenvalue weighted by molar-refractivity contribution is 6.60. The third-order valence-corrected chi connectivity index (χ3v) is 6.12. The molecule has 134 valence electrons. The van der Waals surface area contributed by atoms with Gasteiger partial charge in [-0.15, -0.1) is 0 Å². The zero-order valence-corrected chi connectivity index (χ0v) is 16.0. The summed E-state index contributed by atoms with van der Waals surface area (Å²) in [5, 5.41) is 3.42. The topological polar surface area (TPSA) is 65.7 Å². The lowest BCUT2D eigenvalue weighted by molar-refractivity contribution is 0.0586. The maximum absolute atomic E-state index is 6.09. The van der Waals surface area contributed by atoms with Gasteiger partial charge in [0, 0.05) is 25.9 Å². The molecule has 0 atom stereocenters. The smallest absolute Gasteiger partial charge is 0.373 e. The molecule has 0 aliphatic heterocycles. The first-order chi connectivity index (χ1) is 10.7. The molecule has 0 heterocycles.